The van der Waals surface area contributed by atoms with Crippen LogP contribution in [-0.4, -0.2) is 23.0 Å². The van der Waals surface area contributed by atoms with E-state index in [-0.39, 0.29) is 12.3 Å². The minimum absolute atomic E-state index is 0.280. The third-order valence-corrected chi connectivity index (χ3v) is 2.40. The van der Waals surface area contributed by atoms with E-state index in [0.717, 1.165) is 12.0 Å². The number of nitrogens with one attached hydrogen (secondary N) is 1. The zero-order valence-electron chi connectivity index (χ0n) is 10.3. The SMILES string of the molecule is CCC=CC(=O)N[C@@H](Cc1ccccc1)C(=O)O. The van der Waals surface area contributed by atoms with Crippen molar-refractivity contribution in [3.8, 4) is 0 Å². The predicted octanol–water partition coefficient (Wildman–Crippen LogP) is 1.76. The lowest BCUT2D eigenvalue weighted by atomic mass is 10.1. The molecule has 0 aliphatic rings. The second kappa shape index (κ2) is 7.27. The first-order chi connectivity index (χ1) is 8.63. The molecule has 0 heterocycles. The molecule has 1 aromatic carbocycles. The molecule has 0 unspecified atom stereocenters. The van der Waals surface area contributed by atoms with Gasteiger partial charge in [-0.1, -0.05) is 43.3 Å². The van der Waals surface area contributed by atoms with Crippen LogP contribution < -0.4 is 5.32 Å². The summed E-state index contributed by atoms with van der Waals surface area (Å²) in [6.45, 7) is 1.91. The molecule has 0 aromatic heterocycles. The van der Waals surface area contributed by atoms with Crippen LogP contribution in [0, 0.1) is 0 Å². The average Bonchev–Trinajstić information content (AvgIpc) is 2.36. The summed E-state index contributed by atoms with van der Waals surface area (Å²) in [6, 6.07) is 8.32. The van der Waals surface area contributed by atoms with E-state index in [1.165, 1.54) is 6.08 Å². The van der Waals surface area contributed by atoms with Gasteiger partial charge in [-0.25, -0.2) is 4.79 Å². The second-order valence-electron chi connectivity index (χ2n) is 3.90. The number of allylic oxidation sites excluding steroid dienone is 1. The molecule has 4 nitrogen and oxygen atoms in total. The zero-order chi connectivity index (χ0) is 13.4. The Labute approximate surface area is 106 Å². The Hall–Kier alpha value is -2.10. The fourth-order valence-electron chi connectivity index (χ4n) is 1.49. The van der Waals surface area contributed by atoms with Crippen LogP contribution in [-0.2, 0) is 16.0 Å². The molecule has 1 rings (SSSR count). The molecule has 1 atom stereocenters. The lowest BCUT2D eigenvalue weighted by Crippen LogP contribution is -2.41. The maximum Gasteiger partial charge on any atom is 0.326 e. The van der Waals surface area contributed by atoms with Gasteiger partial charge in [-0.2, -0.15) is 0 Å². The van der Waals surface area contributed by atoms with Crippen molar-refractivity contribution < 1.29 is 14.7 Å². The third kappa shape index (κ3) is 4.82. The summed E-state index contributed by atoms with van der Waals surface area (Å²) < 4.78 is 0. The van der Waals surface area contributed by atoms with Gasteiger partial charge in [0.2, 0.25) is 5.91 Å². The van der Waals surface area contributed by atoms with E-state index < -0.39 is 12.0 Å². The Balaban J connectivity index is 2.64. The number of rotatable bonds is 6. The summed E-state index contributed by atoms with van der Waals surface area (Å²) in [6.07, 6.45) is 4.07. The summed E-state index contributed by atoms with van der Waals surface area (Å²) in [5.74, 6) is -1.41. The van der Waals surface area contributed by atoms with Crippen molar-refractivity contribution in [3.63, 3.8) is 0 Å². The molecule has 0 spiro atoms. The van der Waals surface area contributed by atoms with Crippen molar-refractivity contribution in [2.45, 2.75) is 25.8 Å². The number of hydrogen-bond acceptors (Lipinski definition) is 2. The number of carboxylic acids is 1. The fourth-order valence-corrected chi connectivity index (χ4v) is 1.49. The molecule has 0 fully saturated rings. The Morgan fingerprint density at radius 3 is 2.56 bits per heavy atom. The zero-order valence-corrected chi connectivity index (χ0v) is 10.3. The van der Waals surface area contributed by atoms with Gasteiger partial charge in [-0.15, -0.1) is 0 Å². The molecule has 0 saturated heterocycles. The number of carboxylic acid groups (broad SMARTS) is 1. The van der Waals surface area contributed by atoms with Crippen LogP contribution in [0.15, 0.2) is 42.5 Å². The van der Waals surface area contributed by atoms with E-state index in [1.54, 1.807) is 6.08 Å². The van der Waals surface area contributed by atoms with E-state index in [0.29, 0.717) is 0 Å². The molecule has 0 aliphatic heterocycles. The maximum atomic E-state index is 11.4. The highest BCUT2D eigenvalue weighted by atomic mass is 16.4. The van der Waals surface area contributed by atoms with E-state index in [4.69, 9.17) is 5.11 Å². The van der Waals surface area contributed by atoms with E-state index in [2.05, 4.69) is 5.32 Å². The summed E-state index contributed by atoms with van der Waals surface area (Å²) in [5, 5.41) is 11.5. The lowest BCUT2D eigenvalue weighted by molar-refractivity contribution is -0.141. The third-order valence-electron chi connectivity index (χ3n) is 2.40. The molecule has 4 heteroatoms. The van der Waals surface area contributed by atoms with Gasteiger partial charge < -0.3 is 10.4 Å². The largest absolute Gasteiger partial charge is 0.480 e. The number of hydrogen-bond donors (Lipinski definition) is 2. The van der Waals surface area contributed by atoms with E-state index >= 15 is 0 Å². The summed E-state index contributed by atoms with van der Waals surface area (Å²) in [7, 11) is 0. The Bertz CT molecular complexity index is 426. The van der Waals surface area contributed by atoms with Crippen LogP contribution in [0.4, 0.5) is 0 Å². The van der Waals surface area contributed by atoms with Crippen LogP contribution >= 0.6 is 0 Å². The van der Waals surface area contributed by atoms with Crippen LogP contribution in [0.3, 0.4) is 0 Å². The number of amides is 1. The lowest BCUT2D eigenvalue weighted by Gasteiger charge is -2.13. The molecule has 96 valence electrons. The summed E-state index contributed by atoms with van der Waals surface area (Å²) in [5.41, 5.74) is 0.879. The smallest absolute Gasteiger partial charge is 0.326 e. The molecular formula is C14H17NO3. The van der Waals surface area contributed by atoms with Gasteiger partial charge in [0.05, 0.1) is 0 Å². The van der Waals surface area contributed by atoms with Crippen molar-refractivity contribution in [2.75, 3.05) is 0 Å². The molecule has 0 aliphatic carbocycles. The summed E-state index contributed by atoms with van der Waals surface area (Å²) >= 11 is 0. The van der Waals surface area contributed by atoms with Gasteiger partial charge in [-0.05, 0) is 18.1 Å². The van der Waals surface area contributed by atoms with Crippen LogP contribution in [0.1, 0.15) is 18.9 Å². The first-order valence-electron chi connectivity index (χ1n) is 5.87. The van der Waals surface area contributed by atoms with Crippen molar-refractivity contribution in [1.82, 2.24) is 5.32 Å². The number of carbonyl (C=O) groups excluding carboxylic acids is 1. The first kappa shape index (κ1) is 14.0. The first-order valence-corrected chi connectivity index (χ1v) is 5.87. The molecule has 0 radical (unpaired) electrons. The minimum Gasteiger partial charge on any atom is -0.480 e. The molecule has 1 amide bonds. The van der Waals surface area contributed by atoms with Crippen molar-refractivity contribution in [2.24, 2.45) is 0 Å². The number of carbonyl (C=O) groups is 2. The molecule has 18 heavy (non-hydrogen) atoms. The normalized spacial score (nSPS) is 12.3. The second-order valence-corrected chi connectivity index (χ2v) is 3.90. The minimum atomic E-state index is -1.03. The quantitative estimate of drug-likeness (QED) is 0.753. The number of benzene rings is 1. The Morgan fingerprint density at radius 1 is 1.33 bits per heavy atom. The molecule has 0 saturated carbocycles. The highest BCUT2D eigenvalue weighted by Crippen LogP contribution is 2.03. The van der Waals surface area contributed by atoms with E-state index in [9.17, 15) is 9.59 Å². The highest BCUT2D eigenvalue weighted by Gasteiger charge is 2.18. The van der Waals surface area contributed by atoms with Gasteiger partial charge in [0.1, 0.15) is 6.04 Å². The average molecular weight is 247 g/mol. The van der Waals surface area contributed by atoms with Gasteiger partial charge in [0.25, 0.3) is 0 Å². The Morgan fingerprint density at radius 2 is 2.00 bits per heavy atom. The monoisotopic (exact) mass is 247 g/mol. The Kier molecular flexibility index (Phi) is 5.64. The van der Waals surface area contributed by atoms with Crippen LogP contribution in [0.2, 0.25) is 0 Å². The van der Waals surface area contributed by atoms with Gasteiger partial charge >= 0.3 is 5.97 Å². The highest BCUT2D eigenvalue weighted by molar-refractivity contribution is 5.91. The molecule has 0 bridgehead atoms. The van der Waals surface area contributed by atoms with Crippen LogP contribution in [0.5, 0.6) is 0 Å². The van der Waals surface area contributed by atoms with E-state index in [1.807, 2.05) is 37.3 Å². The number of aliphatic carboxylic acids is 1. The topological polar surface area (TPSA) is 66.4 Å². The van der Waals surface area contributed by atoms with Gasteiger partial charge in [0.15, 0.2) is 0 Å². The maximum absolute atomic E-state index is 11.4. The van der Waals surface area contributed by atoms with Crippen molar-refractivity contribution >= 4 is 11.9 Å². The summed E-state index contributed by atoms with van der Waals surface area (Å²) in [4.78, 5) is 22.5. The van der Waals surface area contributed by atoms with Crippen molar-refractivity contribution in [1.29, 1.82) is 0 Å². The van der Waals surface area contributed by atoms with Gasteiger partial charge in [0, 0.05) is 6.42 Å². The van der Waals surface area contributed by atoms with Crippen molar-refractivity contribution in [3.05, 3.63) is 48.0 Å². The van der Waals surface area contributed by atoms with Crippen LogP contribution in [0.25, 0.3) is 0 Å². The van der Waals surface area contributed by atoms with Gasteiger partial charge in [-0.3, -0.25) is 4.79 Å². The molecule has 1 aromatic rings. The molecule has 2 N–H and O–H groups in total. The molecular weight excluding hydrogens is 230 g/mol. The standard InChI is InChI=1S/C14H17NO3/c1-2-3-9-13(16)15-12(14(17)18)10-11-7-5-4-6-8-11/h3-9,12H,2,10H2,1H3,(H,15,16)(H,17,18)/t12-/m0/s1. The predicted molar refractivity (Wildman–Crippen MR) is 69.1 cm³/mol. The fraction of sp³-hybridized carbons (Fsp3) is 0.286.